The normalized spacial score (nSPS) is 11.5. The Labute approximate surface area is 174 Å². The third-order valence-corrected chi connectivity index (χ3v) is 4.06. The number of nitrogens with two attached hydrogens (primary N) is 1. The second-order valence-corrected chi connectivity index (χ2v) is 6.25. The Morgan fingerprint density at radius 3 is 1.97 bits per heavy atom. The highest BCUT2D eigenvalue weighted by Crippen LogP contribution is 2.31. The molecule has 0 saturated heterocycles. The molecule has 0 aliphatic rings. The van der Waals surface area contributed by atoms with E-state index in [1.807, 2.05) is 0 Å². The standard InChI is InChI=1S/C21H24N4O5/c1-27-15-3-7-17(8-4-15)29-20-19(23-11-14(22)13-26)12-24-21(25-20)30-18-9-5-16(28-2)6-10-18/h3-10,12,14,23,26H,11,13,22H2,1-2H3/t14-/m0/s1. The summed E-state index contributed by atoms with van der Waals surface area (Å²) in [5.74, 6) is 2.78. The highest BCUT2D eigenvalue weighted by atomic mass is 16.5. The molecule has 0 radical (unpaired) electrons. The van der Waals surface area contributed by atoms with Gasteiger partial charge in [-0.2, -0.15) is 4.98 Å². The zero-order valence-electron chi connectivity index (χ0n) is 16.7. The van der Waals surface area contributed by atoms with Crippen molar-refractivity contribution in [3.8, 4) is 34.9 Å². The van der Waals surface area contributed by atoms with Crippen molar-refractivity contribution in [2.24, 2.45) is 5.73 Å². The molecule has 0 unspecified atom stereocenters. The first-order valence-corrected chi connectivity index (χ1v) is 9.22. The van der Waals surface area contributed by atoms with Crippen molar-refractivity contribution >= 4 is 5.69 Å². The minimum atomic E-state index is -0.436. The van der Waals surface area contributed by atoms with Gasteiger partial charge in [0.2, 0.25) is 5.88 Å². The molecule has 9 heteroatoms. The monoisotopic (exact) mass is 412 g/mol. The van der Waals surface area contributed by atoms with Crippen LogP contribution in [0.15, 0.2) is 54.7 Å². The Kier molecular flexibility index (Phi) is 7.25. The molecule has 30 heavy (non-hydrogen) atoms. The zero-order valence-corrected chi connectivity index (χ0v) is 16.7. The van der Waals surface area contributed by atoms with E-state index in [1.54, 1.807) is 62.8 Å². The summed E-state index contributed by atoms with van der Waals surface area (Å²) < 4.78 is 21.9. The van der Waals surface area contributed by atoms with E-state index < -0.39 is 6.04 Å². The lowest BCUT2D eigenvalue weighted by Crippen LogP contribution is -2.32. The van der Waals surface area contributed by atoms with E-state index in [1.165, 1.54) is 6.20 Å². The number of rotatable bonds is 10. The molecular weight excluding hydrogens is 388 g/mol. The molecule has 0 spiro atoms. The van der Waals surface area contributed by atoms with Crippen molar-refractivity contribution in [3.05, 3.63) is 54.7 Å². The number of hydrogen-bond acceptors (Lipinski definition) is 9. The third-order valence-electron chi connectivity index (χ3n) is 4.06. The molecule has 1 atom stereocenters. The fourth-order valence-electron chi connectivity index (χ4n) is 2.41. The van der Waals surface area contributed by atoms with Gasteiger partial charge in [0, 0.05) is 12.6 Å². The number of hydrogen-bond donors (Lipinski definition) is 3. The second kappa shape index (κ2) is 10.3. The maximum atomic E-state index is 9.14. The summed E-state index contributed by atoms with van der Waals surface area (Å²) in [5.41, 5.74) is 6.28. The highest BCUT2D eigenvalue weighted by molar-refractivity contribution is 5.53. The average Bonchev–Trinajstić information content (AvgIpc) is 2.79. The number of nitrogens with one attached hydrogen (secondary N) is 1. The minimum absolute atomic E-state index is 0.112. The van der Waals surface area contributed by atoms with Gasteiger partial charge in [-0.05, 0) is 48.5 Å². The van der Waals surface area contributed by atoms with Crippen LogP contribution in [0.25, 0.3) is 0 Å². The molecule has 2 aromatic carbocycles. The smallest absolute Gasteiger partial charge is 0.325 e. The van der Waals surface area contributed by atoms with Crippen LogP contribution < -0.4 is 30.0 Å². The van der Waals surface area contributed by atoms with E-state index in [0.29, 0.717) is 35.2 Å². The van der Waals surface area contributed by atoms with Gasteiger partial charge in [-0.1, -0.05) is 0 Å². The van der Waals surface area contributed by atoms with E-state index in [2.05, 4.69) is 15.3 Å². The topological polar surface area (TPSA) is 121 Å². The molecule has 0 fully saturated rings. The Morgan fingerprint density at radius 2 is 1.43 bits per heavy atom. The molecule has 0 amide bonds. The molecule has 1 heterocycles. The molecule has 0 bridgehead atoms. The lowest BCUT2D eigenvalue weighted by Gasteiger charge is -2.15. The lowest BCUT2D eigenvalue weighted by molar-refractivity contribution is 0.270. The Bertz CT molecular complexity index is 935. The van der Waals surface area contributed by atoms with Gasteiger partial charge in [0.25, 0.3) is 0 Å². The summed E-state index contributed by atoms with van der Waals surface area (Å²) in [7, 11) is 3.19. The number of anilines is 1. The van der Waals surface area contributed by atoms with Crippen LogP contribution in [0.2, 0.25) is 0 Å². The molecule has 4 N–H and O–H groups in total. The number of methoxy groups -OCH3 is 2. The molecule has 9 nitrogen and oxygen atoms in total. The molecule has 3 aromatic rings. The van der Waals surface area contributed by atoms with Crippen LogP contribution in [0, 0.1) is 0 Å². The first-order chi connectivity index (χ1) is 14.6. The molecule has 158 valence electrons. The predicted molar refractivity (Wildman–Crippen MR) is 112 cm³/mol. The molecule has 0 aliphatic heterocycles. The van der Waals surface area contributed by atoms with Crippen LogP contribution in [-0.4, -0.2) is 48.5 Å². The summed E-state index contributed by atoms with van der Waals surface area (Å²) in [6.07, 6.45) is 1.54. The first-order valence-electron chi connectivity index (χ1n) is 9.22. The summed E-state index contributed by atoms with van der Waals surface area (Å²) in [6, 6.07) is 13.8. The summed E-state index contributed by atoms with van der Waals surface area (Å²) >= 11 is 0. The fraction of sp³-hybridized carbons (Fsp3) is 0.238. The van der Waals surface area contributed by atoms with Crippen molar-refractivity contribution in [2.45, 2.75) is 6.04 Å². The van der Waals surface area contributed by atoms with Gasteiger partial charge >= 0.3 is 6.01 Å². The van der Waals surface area contributed by atoms with Crippen LogP contribution in [0.1, 0.15) is 0 Å². The van der Waals surface area contributed by atoms with Gasteiger partial charge in [-0.25, -0.2) is 4.98 Å². The third kappa shape index (κ3) is 5.72. The van der Waals surface area contributed by atoms with Crippen molar-refractivity contribution in [3.63, 3.8) is 0 Å². The van der Waals surface area contributed by atoms with Crippen molar-refractivity contribution < 1.29 is 24.1 Å². The lowest BCUT2D eigenvalue weighted by atomic mass is 10.3. The summed E-state index contributed by atoms with van der Waals surface area (Å²) in [5, 5.41) is 12.2. The van der Waals surface area contributed by atoms with Gasteiger partial charge in [-0.3, -0.25) is 0 Å². The van der Waals surface area contributed by atoms with Crippen LogP contribution in [0.4, 0.5) is 5.69 Å². The van der Waals surface area contributed by atoms with Crippen LogP contribution >= 0.6 is 0 Å². The minimum Gasteiger partial charge on any atom is -0.497 e. The number of aliphatic hydroxyl groups is 1. The van der Waals surface area contributed by atoms with Gasteiger partial charge in [0.05, 0.1) is 27.0 Å². The van der Waals surface area contributed by atoms with Crippen LogP contribution in [0.5, 0.6) is 34.9 Å². The van der Waals surface area contributed by atoms with E-state index in [9.17, 15) is 0 Å². The molecule has 0 saturated carbocycles. The van der Waals surface area contributed by atoms with Crippen LogP contribution in [0.3, 0.4) is 0 Å². The van der Waals surface area contributed by atoms with Crippen molar-refractivity contribution in [1.29, 1.82) is 0 Å². The highest BCUT2D eigenvalue weighted by Gasteiger charge is 2.13. The molecular formula is C21H24N4O5. The Hall–Kier alpha value is -3.56. The number of benzene rings is 2. The van der Waals surface area contributed by atoms with Crippen molar-refractivity contribution in [2.75, 3.05) is 32.7 Å². The quantitative estimate of drug-likeness (QED) is 0.461. The van der Waals surface area contributed by atoms with Gasteiger partial charge in [0.1, 0.15) is 28.7 Å². The van der Waals surface area contributed by atoms with E-state index in [4.69, 9.17) is 29.8 Å². The van der Waals surface area contributed by atoms with E-state index in [-0.39, 0.29) is 18.5 Å². The molecule has 0 aliphatic carbocycles. The fourth-order valence-corrected chi connectivity index (χ4v) is 2.41. The second-order valence-electron chi connectivity index (χ2n) is 6.25. The Balaban J connectivity index is 1.82. The van der Waals surface area contributed by atoms with Gasteiger partial charge in [-0.15, -0.1) is 0 Å². The summed E-state index contributed by atoms with van der Waals surface area (Å²) in [6.45, 7) is 0.165. The molecule has 1 aromatic heterocycles. The number of ether oxygens (including phenoxy) is 4. The summed E-state index contributed by atoms with van der Waals surface area (Å²) in [4.78, 5) is 8.59. The van der Waals surface area contributed by atoms with E-state index in [0.717, 1.165) is 0 Å². The number of aliphatic hydroxyl groups excluding tert-OH is 1. The van der Waals surface area contributed by atoms with E-state index >= 15 is 0 Å². The number of nitrogens with zero attached hydrogens (tertiary/aromatic N) is 2. The average molecular weight is 412 g/mol. The van der Waals surface area contributed by atoms with Gasteiger partial charge in [0.15, 0.2) is 0 Å². The maximum Gasteiger partial charge on any atom is 0.325 e. The Morgan fingerprint density at radius 1 is 0.900 bits per heavy atom. The van der Waals surface area contributed by atoms with Crippen molar-refractivity contribution in [1.82, 2.24) is 9.97 Å². The van der Waals surface area contributed by atoms with Crippen LogP contribution in [-0.2, 0) is 0 Å². The maximum absolute atomic E-state index is 9.14. The van der Waals surface area contributed by atoms with Gasteiger partial charge < -0.3 is 35.1 Å². The molecule has 3 rings (SSSR count). The predicted octanol–water partition coefficient (Wildman–Crippen LogP) is 2.81. The SMILES string of the molecule is COc1ccc(Oc2ncc(NC[C@H](N)CO)c(Oc3ccc(OC)cc3)n2)cc1. The number of aromatic nitrogens is 2. The zero-order chi connectivity index (χ0) is 21.3. The largest absolute Gasteiger partial charge is 0.497 e. The first kappa shape index (κ1) is 21.2.